The first-order valence-corrected chi connectivity index (χ1v) is 12.9. The Balaban J connectivity index is 1.41. The van der Waals surface area contributed by atoms with Crippen molar-refractivity contribution in [1.82, 2.24) is 14.9 Å². The van der Waals surface area contributed by atoms with E-state index in [-0.39, 0.29) is 38.8 Å². The highest BCUT2D eigenvalue weighted by atomic mass is 35.5. The predicted molar refractivity (Wildman–Crippen MR) is 150 cm³/mol. The predicted octanol–water partition coefficient (Wildman–Crippen LogP) is 5.83. The van der Waals surface area contributed by atoms with Gasteiger partial charge in [-0.1, -0.05) is 23.2 Å². The van der Waals surface area contributed by atoms with Crippen molar-refractivity contribution in [3.05, 3.63) is 52.5 Å². The second-order valence-corrected chi connectivity index (χ2v) is 9.46. The van der Waals surface area contributed by atoms with Crippen LogP contribution in [0.25, 0.3) is 0 Å². The number of methoxy groups -OCH3 is 2. The molecule has 0 atom stereocenters. The van der Waals surface area contributed by atoms with Crippen molar-refractivity contribution in [3.8, 4) is 17.2 Å². The Morgan fingerprint density at radius 1 is 1.05 bits per heavy atom. The molecule has 0 aliphatic carbocycles. The van der Waals surface area contributed by atoms with E-state index in [0.717, 1.165) is 19.6 Å². The largest absolute Gasteiger partial charge is 0.495 e. The van der Waals surface area contributed by atoms with Gasteiger partial charge < -0.3 is 24.8 Å². The van der Waals surface area contributed by atoms with Crippen LogP contribution in [-0.2, 0) is 0 Å². The third-order valence-corrected chi connectivity index (χ3v) is 6.93. The molecule has 1 saturated heterocycles. The summed E-state index contributed by atoms with van der Waals surface area (Å²) in [5.74, 6) is 0.857. The molecular formula is C26H29Cl2FN6O4. The van der Waals surface area contributed by atoms with Crippen molar-refractivity contribution in [2.24, 2.45) is 0 Å². The quantitative estimate of drug-likeness (QED) is 0.310. The smallest absolute Gasteiger partial charge is 0.327 e. The molecule has 1 aliphatic rings. The molecule has 0 saturated carbocycles. The molecule has 39 heavy (non-hydrogen) atoms. The molecule has 2 N–H and O–H groups in total. The fourth-order valence-electron chi connectivity index (χ4n) is 4.02. The fourth-order valence-corrected chi connectivity index (χ4v) is 4.62. The fraction of sp³-hybridized carbons (Fsp3) is 0.346. The molecule has 2 heterocycles. The van der Waals surface area contributed by atoms with Crippen LogP contribution in [0.4, 0.5) is 32.2 Å². The Morgan fingerprint density at radius 3 is 2.38 bits per heavy atom. The third kappa shape index (κ3) is 6.92. The van der Waals surface area contributed by atoms with Crippen LogP contribution >= 0.6 is 23.2 Å². The van der Waals surface area contributed by atoms with E-state index >= 15 is 0 Å². The minimum absolute atomic E-state index is 0.112. The Bertz CT molecular complexity index is 1300. The van der Waals surface area contributed by atoms with Gasteiger partial charge in [-0.25, -0.2) is 19.2 Å². The first-order chi connectivity index (χ1) is 18.8. The number of anilines is 4. The van der Waals surface area contributed by atoms with Gasteiger partial charge in [0, 0.05) is 37.5 Å². The van der Waals surface area contributed by atoms with E-state index in [0.29, 0.717) is 18.1 Å². The number of hydrogen-bond acceptors (Lipinski definition) is 8. The maximum Gasteiger partial charge on any atom is 0.327 e. The normalized spacial score (nSPS) is 13.2. The highest BCUT2D eigenvalue weighted by molar-refractivity contribution is 6.41. The summed E-state index contributed by atoms with van der Waals surface area (Å²) in [4.78, 5) is 24.9. The summed E-state index contributed by atoms with van der Waals surface area (Å²) in [6.45, 7) is 3.31. The van der Waals surface area contributed by atoms with Crippen molar-refractivity contribution >= 4 is 52.2 Å². The number of halogens is 3. The summed E-state index contributed by atoms with van der Waals surface area (Å²) in [6.07, 6.45) is 3.67. The first-order valence-electron chi connectivity index (χ1n) is 12.2. The summed E-state index contributed by atoms with van der Waals surface area (Å²) in [6, 6.07) is 7.05. The lowest BCUT2D eigenvalue weighted by atomic mass is 10.2. The van der Waals surface area contributed by atoms with E-state index in [1.165, 1.54) is 63.5 Å². The molecule has 3 aromatic rings. The van der Waals surface area contributed by atoms with Crippen LogP contribution in [0.15, 0.2) is 36.7 Å². The Kier molecular flexibility index (Phi) is 9.50. The van der Waals surface area contributed by atoms with Crippen LogP contribution in [0.2, 0.25) is 10.0 Å². The van der Waals surface area contributed by atoms with Gasteiger partial charge in [0.05, 0.1) is 19.9 Å². The number of carbonyl (C=O) groups is 1. The number of rotatable bonds is 10. The monoisotopic (exact) mass is 578 g/mol. The number of hydrogen-bond donors (Lipinski definition) is 2. The van der Waals surface area contributed by atoms with Crippen LogP contribution in [0.1, 0.15) is 12.8 Å². The zero-order valence-corrected chi connectivity index (χ0v) is 23.3. The van der Waals surface area contributed by atoms with Gasteiger partial charge >= 0.3 is 6.03 Å². The molecule has 2 aromatic carbocycles. The lowest BCUT2D eigenvalue weighted by molar-refractivity contribution is 0.231. The zero-order chi connectivity index (χ0) is 27.9. The molecule has 4 rings (SSSR count). The van der Waals surface area contributed by atoms with E-state index in [1.54, 1.807) is 12.1 Å². The molecule has 10 nitrogen and oxygen atoms in total. The molecule has 1 fully saturated rings. The number of ether oxygens (including phenoxy) is 3. The number of carbonyl (C=O) groups excluding carboxylic acids is 1. The number of nitrogens with zero attached hydrogens (tertiary/aromatic N) is 4. The minimum Gasteiger partial charge on any atom is -0.495 e. The molecule has 13 heteroatoms. The third-order valence-electron chi connectivity index (χ3n) is 6.17. The number of nitrogens with one attached hydrogen (secondary N) is 2. The maximum absolute atomic E-state index is 14.6. The SMILES string of the molecule is COc1cc(OC)c(Cl)c(NC(=O)N(C)c2cc(Nc3ccc(OCCN4CCCC4)c(F)c3)ncn2)c1Cl. The van der Waals surface area contributed by atoms with Crippen molar-refractivity contribution < 1.29 is 23.4 Å². The number of likely N-dealkylation sites (tertiary alicyclic amines) is 1. The van der Waals surface area contributed by atoms with Gasteiger partial charge in [-0.3, -0.25) is 9.80 Å². The molecule has 0 spiro atoms. The molecule has 0 radical (unpaired) electrons. The molecule has 2 amide bonds. The van der Waals surface area contributed by atoms with Gasteiger partial charge in [-0.2, -0.15) is 0 Å². The number of benzene rings is 2. The summed E-state index contributed by atoms with van der Waals surface area (Å²) in [5.41, 5.74) is 0.579. The lowest BCUT2D eigenvalue weighted by Gasteiger charge is -2.20. The van der Waals surface area contributed by atoms with Crippen molar-refractivity contribution in [1.29, 1.82) is 0 Å². The highest BCUT2D eigenvalue weighted by Gasteiger charge is 2.22. The van der Waals surface area contributed by atoms with E-state index < -0.39 is 11.8 Å². The van der Waals surface area contributed by atoms with Crippen LogP contribution in [-0.4, -0.2) is 68.4 Å². The minimum atomic E-state index is -0.583. The number of urea groups is 1. The summed E-state index contributed by atoms with van der Waals surface area (Å²) < 4.78 is 30.7. The molecule has 208 valence electrons. The number of aromatic nitrogens is 2. The second kappa shape index (κ2) is 13.0. The summed E-state index contributed by atoms with van der Waals surface area (Å²) >= 11 is 12.7. The average Bonchev–Trinajstić information content (AvgIpc) is 3.45. The summed E-state index contributed by atoms with van der Waals surface area (Å²) in [7, 11) is 4.38. The van der Waals surface area contributed by atoms with Gasteiger partial charge in [0.25, 0.3) is 0 Å². The highest BCUT2D eigenvalue weighted by Crippen LogP contribution is 2.44. The zero-order valence-electron chi connectivity index (χ0n) is 21.8. The summed E-state index contributed by atoms with van der Waals surface area (Å²) in [5, 5.41) is 5.90. The van der Waals surface area contributed by atoms with Gasteiger partial charge in [0.2, 0.25) is 0 Å². The number of amides is 2. The molecule has 0 unspecified atom stereocenters. The van der Waals surface area contributed by atoms with Crippen LogP contribution in [0.5, 0.6) is 17.2 Å². The first kappa shape index (κ1) is 28.5. The van der Waals surface area contributed by atoms with Crippen molar-refractivity contribution in [3.63, 3.8) is 0 Å². The molecule has 1 aromatic heterocycles. The standard InChI is InChI=1S/C26H29Cl2FN6O4/c1-34(26(36)33-25-23(27)19(37-2)13-20(38-3)24(25)28)22-14-21(30-15-31-22)32-16-6-7-18(17(29)12-16)39-11-10-35-8-4-5-9-35/h6-7,12-15H,4-5,8-11H2,1-3H3,(H,33,36)(H,30,31,32). The lowest BCUT2D eigenvalue weighted by Crippen LogP contribution is -2.32. The van der Waals surface area contributed by atoms with Crippen LogP contribution < -0.4 is 29.7 Å². The molecule has 0 bridgehead atoms. The van der Waals surface area contributed by atoms with Gasteiger partial charge in [0.15, 0.2) is 11.6 Å². The maximum atomic E-state index is 14.6. The second-order valence-electron chi connectivity index (χ2n) is 8.70. The van der Waals surface area contributed by atoms with Crippen molar-refractivity contribution in [2.45, 2.75) is 12.8 Å². The van der Waals surface area contributed by atoms with E-state index in [1.807, 2.05) is 0 Å². The van der Waals surface area contributed by atoms with Gasteiger partial charge in [0.1, 0.15) is 46.1 Å². The molecular weight excluding hydrogens is 550 g/mol. The topological polar surface area (TPSA) is 101 Å². The van der Waals surface area contributed by atoms with E-state index in [9.17, 15) is 9.18 Å². The van der Waals surface area contributed by atoms with Crippen LogP contribution in [0.3, 0.4) is 0 Å². The van der Waals surface area contributed by atoms with Gasteiger partial charge in [-0.05, 0) is 38.1 Å². The Labute approximate surface area is 236 Å². The van der Waals surface area contributed by atoms with Crippen molar-refractivity contribution in [2.75, 3.05) is 63.0 Å². The van der Waals surface area contributed by atoms with E-state index in [2.05, 4.69) is 25.5 Å². The van der Waals surface area contributed by atoms with Crippen LogP contribution in [0, 0.1) is 5.82 Å². The Hall–Kier alpha value is -3.54. The molecule has 1 aliphatic heterocycles. The Morgan fingerprint density at radius 2 is 1.74 bits per heavy atom. The average molecular weight is 579 g/mol. The van der Waals surface area contributed by atoms with Gasteiger partial charge in [-0.15, -0.1) is 0 Å². The van der Waals surface area contributed by atoms with E-state index in [4.69, 9.17) is 37.4 Å².